The smallest absolute Gasteiger partial charge is 0.243 e. The minimum absolute atomic E-state index is 0.0298. The summed E-state index contributed by atoms with van der Waals surface area (Å²) in [5.74, 6) is 0.131. The predicted molar refractivity (Wildman–Crippen MR) is 130 cm³/mol. The molecule has 33 heavy (non-hydrogen) atoms. The molecule has 8 heteroatoms. The standard InChI is InChI=1S/C25H33N3O4S/c1-19(2)17-20-7-9-21(10-8-20)24(29)11-12-25(30)26-22-5-4-6-23(18-22)33(31,32)28-15-13-27(3)14-16-28/h4-10,18-19H,11-17H2,1-3H3,(H,26,30). The highest BCUT2D eigenvalue weighted by molar-refractivity contribution is 7.89. The molecule has 0 unspecified atom stereocenters. The van der Waals surface area contributed by atoms with E-state index in [4.69, 9.17) is 0 Å². The summed E-state index contributed by atoms with van der Waals surface area (Å²) in [7, 11) is -1.65. The molecule has 0 bridgehead atoms. The molecule has 0 aliphatic carbocycles. The fourth-order valence-electron chi connectivity index (χ4n) is 3.80. The molecule has 178 valence electrons. The van der Waals surface area contributed by atoms with Gasteiger partial charge in [0, 0.05) is 50.3 Å². The van der Waals surface area contributed by atoms with Crippen LogP contribution in [0.2, 0.25) is 0 Å². The molecule has 3 rings (SSSR count). The van der Waals surface area contributed by atoms with Gasteiger partial charge in [-0.25, -0.2) is 8.42 Å². The third kappa shape index (κ3) is 6.96. The van der Waals surface area contributed by atoms with E-state index in [2.05, 4.69) is 24.1 Å². The van der Waals surface area contributed by atoms with Gasteiger partial charge >= 0.3 is 0 Å². The van der Waals surface area contributed by atoms with Gasteiger partial charge in [0.25, 0.3) is 0 Å². The molecule has 1 fully saturated rings. The van der Waals surface area contributed by atoms with Crippen LogP contribution < -0.4 is 5.32 Å². The number of benzene rings is 2. The van der Waals surface area contributed by atoms with Crippen LogP contribution in [-0.2, 0) is 21.2 Å². The summed E-state index contributed by atoms with van der Waals surface area (Å²) in [6.45, 7) is 6.55. The lowest BCUT2D eigenvalue weighted by Gasteiger charge is -2.31. The second-order valence-corrected chi connectivity index (χ2v) is 10.9. The molecule has 1 amide bonds. The fourth-order valence-corrected chi connectivity index (χ4v) is 5.27. The highest BCUT2D eigenvalue weighted by Crippen LogP contribution is 2.21. The van der Waals surface area contributed by atoms with Gasteiger partial charge in [-0.3, -0.25) is 9.59 Å². The van der Waals surface area contributed by atoms with Crippen molar-refractivity contribution in [1.82, 2.24) is 9.21 Å². The van der Waals surface area contributed by atoms with E-state index in [-0.39, 0.29) is 29.4 Å². The number of sulfonamides is 1. The molecule has 0 spiro atoms. The first-order valence-electron chi connectivity index (χ1n) is 11.4. The van der Waals surface area contributed by atoms with Crippen molar-refractivity contribution >= 4 is 27.4 Å². The number of carbonyl (C=O) groups excluding carboxylic acids is 2. The zero-order valence-electron chi connectivity index (χ0n) is 19.6. The summed E-state index contributed by atoms with van der Waals surface area (Å²) in [6.07, 6.45) is 1.08. The number of ketones is 1. The van der Waals surface area contributed by atoms with Crippen molar-refractivity contribution in [1.29, 1.82) is 0 Å². The average Bonchev–Trinajstić information content (AvgIpc) is 2.78. The number of nitrogens with zero attached hydrogens (tertiary/aromatic N) is 2. The third-order valence-corrected chi connectivity index (χ3v) is 7.61. The van der Waals surface area contributed by atoms with Crippen LogP contribution in [0.3, 0.4) is 0 Å². The molecule has 1 saturated heterocycles. The average molecular weight is 472 g/mol. The Morgan fingerprint density at radius 1 is 0.970 bits per heavy atom. The Labute approximate surface area is 196 Å². The van der Waals surface area contributed by atoms with E-state index in [9.17, 15) is 18.0 Å². The minimum Gasteiger partial charge on any atom is -0.326 e. The van der Waals surface area contributed by atoms with Gasteiger partial charge in [-0.2, -0.15) is 4.31 Å². The molecular formula is C25H33N3O4S. The number of amides is 1. The largest absolute Gasteiger partial charge is 0.326 e. The Kier molecular flexibility index (Phi) is 8.40. The van der Waals surface area contributed by atoms with Crippen LogP contribution in [0.15, 0.2) is 53.4 Å². The second kappa shape index (κ2) is 11.0. The van der Waals surface area contributed by atoms with E-state index in [1.807, 2.05) is 31.3 Å². The molecule has 1 N–H and O–H groups in total. The maximum Gasteiger partial charge on any atom is 0.243 e. The van der Waals surface area contributed by atoms with Gasteiger partial charge in [0.1, 0.15) is 0 Å². The monoisotopic (exact) mass is 471 g/mol. The van der Waals surface area contributed by atoms with Gasteiger partial charge in [-0.1, -0.05) is 44.2 Å². The summed E-state index contributed by atoms with van der Waals surface area (Å²) < 4.78 is 27.3. The van der Waals surface area contributed by atoms with Crippen LogP contribution in [0.25, 0.3) is 0 Å². The lowest BCUT2D eigenvalue weighted by atomic mass is 9.99. The van der Waals surface area contributed by atoms with Gasteiger partial charge in [-0.15, -0.1) is 0 Å². The predicted octanol–water partition coefficient (Wildman–Crippen LogP) is 3.42. The molecule has 1 heterocycles. The molecule has 7 nitrogen and oxygen atoms in total. The summed E-state index contributed by atoms with van der Waals surface area (Å²) >= 11 is 0. The van der Waals surface area contributed by atoms with Crippen LogP contribution in [0.5, 0.6) is 0 Å². The number of Topliss-reactive ketones (excluding diaryl/α,β-unsaturated/α-hetero) is 1. The van der Waals surface area contributed by atoms with Gasteiger partial charge < -0.3 is 10.2 Å². The number of hydrogen-bond donors (Lipinski definition) is 1. The van der Waals surface area contributed by atoms with E-state index in [1.165, 1.54) is 22.0 Å². The SMILES string of the molecule is CC(C)Cc1ccc(C(=O)CCC(=O)Nc2cccc(S(=O)(=O)N3CCN(C)CC3)c2)cc1. The molecule has 1 aliphatic heterocycles. The first-order valence-corrected chi connectivity index (χ1v) is 12.8. The Morgan fingerprint density at radius 2 is 1.64 bits per heavy atom. The lowest BCUT2D eigenvalue weighted by molar-refractivity contribution is -0.116. The number of rotatable bonds is 9. The van der Waals surface area contributed by atoms with Crippen LogP contribution >= 0.6 is 0 Å². The Bertz CT molecular complexity index is 1070. The quantitative estimate of drug-likeness (QED) is 0.567. The van der Waals surface area contributed by atoms with Gasteiger partial charge in [0.05, 0.1) is 4.90 Å². The molecule has 0 radical (unpaired) electrons. The van der Waals surface area contributed by atoms with E-state index >= 15 is 0 Å². The Morgan fingerprint density at radius 3 is 2.27 bits per heavy atom. The number of carbonyl (C=O) groups is 2. The number of likely N-dealkylation sites (N-methyl/N-ethyl adjacent to an activating group) is 1. The van der Waals surface area contributed by atoms with Gasteiger partial charge in [-0.05, 0) is 43.1 Å². The topological polar surface area (TPSA) is 86.8 Å². The lowest BCUT2D eigenvalue weighted by Crippen LogP contribution is -2.47. The maximum atomic E-state index is 12.9. The number of hydrogen-bond acceptors (Lipinski definition) is 5. The fraction of sp³-hybridized carbons (Fsp3) is 0.440. The van der Waals surface area contributed by atoms with E-state index in [0.29, 0.717) is 43.3 Å². The van der Waals surface area contributed by atoms with Crippen LogP contribution in [0.4, 0.5) is 5.69 Å². The molecule has 1 aliphatic rings. The zero-order chi connectivity index (χ0) is 24.0. The summed E-state index contributed by atoms with van der Waals surface area (Å²) in [6, 6.07) is 13.8. The number of piperazine rings is 1. The van der Waals surface area contributed by atoms with Crippen LogP contribution in [0.1, 0.15) is 42.6 Å². The minimum atomic E-state index is -3.62. The zero-order valence-corrected chi connectivity index (χ0v) is 20.4. The van der Waals surface area contributed by atoms with Crippen molar-refractivity contribution in [2.75, 3.05) is 38.5 Å². The first-order chi connectivity index (χ1) is 15.6. The first kappa shape index (κ1) is 25.1. The molecule has 0 atom stereocenters. The molecule has 0 aromatic heterocycles. The summed E-state index contributed by atoms with van der Waals surface area (Å²) in [4.78, 5) is 27.1. The van der Waals surface area contributed by atoms with Gasteiger partial charge in [0.15, 0.2) is 5.78 Å². The Hall–Kier alpha value is -2.55. The van der Waals surface area contributed by atoms with Crippen molar-refractivity contribution < 1.29 is 18.0 Å². The molecule has 0 saturated carbocycles. The van der Waals surface area contributed by atoms with Crippen molar-refractivity contribution in [3.8, 4) is 0 Å². The molecule has 2 aromatic rings. The maximum absolute atomic E-state index is 12.9. The second-order valence-electron chi connectivity index (χ2n) is 9.00. The third-order valence-electron chi connectivity index (χ3n) is 5.72. The summed E-state index contributed by atoms with van der Waals surface area (Å²) in [5, 5.41) is 2.72. The van der Waals surface area contributed by atoms with Crippen molar-refractivity contribution in [2.24, 2.45) is 5.92 Å². The van der Waals surface area contributed by atoms with E-state index in [0.717, 1.165) is 6.42 Å². The van der Waals surface area contributed by atoms with Crippen LogP contribution in [0, 0.1) is 5.92 Å². The van der Waals surface area contributed by atoms with Crippen molar-refractivity contribution in [2.45, 2.75) is 38.0 Å². The van der Waals surface area contributed by atoms with E-state index in [1.54, 1.807) is 12.1 Å². The van der Waals surface area contributed by atoms with Gasteiger partial charge in [0.2, 0.25) is 15.9 Å². The van der Waals surface area contributed by atoms with Crippen molar-refractivity contribution in [3.63, 3.8) is 0 Å². The summed E-state index contributed by atoms with van der Waals surface area (Å²) in [5.41, 5.74) is 2.18. The number of nitrogens with one attached hydrogen (secondary N) is 1. The highest BCUT2D eigenvalue weighted by atomic mass is 32.2. The number of anilines is 1. The van der Waals surface area contributed by atoms with Crippen molar-refractivity contribution in [3.05, 3.63) is 59.7 Å². The normalized spacial score (nSPS) is 15.5. The highest BCUT2D eigenvalue weighted by Gasteiger charge is 2.27. The van der Waals surface area contributed by atoms with E-state index < -0.39 is 10.0 Å². The Balaban J connectivity index is 1.56. The molecular weight excluding hydrogens is 438 g/mol. The van der Waals surface area contributed by atoms with Crippen LogP contribution in [-0.4, -0.2) is 62.5 Å². The molecule has 2 aromatic carbocycles.